The summed E-state index contributed by atoms with van der Waals surface area (Å²) in [6.07, 6.45) is 5.08. The average molecular weight is 929 g/mol. The molecule has 3 rings (SSSR count). The van der Waals surface area contributed by atoms with Gasteiger partial charge in [-0.2, -0.15) is 61.3 Å². The molecule has 0 heterocycles. The van der Waals surface area contributed by atoms with Gasteiger partial charge in [0.1, 0.15) is 32.9 Å². The van der Waals surface area contributed by atoms with Crippen molar-refractivity contribution in [3.63, 3.8) is 0 Å². The Labute approximate surface area is 380 Å². The number of hydrogen-bond donors (Lipinski definition) is 0. The van der Waals surface area contributed by atoms with Gasteiger partial charge < -0.3 is 19.1 Å². The minimum absolute atomic E-state index is 0. The summed E-state index contributed by atoms with van der Waals surface area (Å²) in [5.41, 5.74) is 2.14. The van der Waals surface area contributed by atoms with Crippen LogP contribution in [0.5, 0.6) is 0 Å². The molecule has 1 saturated carbocycles. The van der Waals surface area contributed by atoms with Crippen LogP contribution in [0.1, 0.15) is 120 Å². The molecule has 4 nitrogen and oxygen atoms in total. The van der Waals surface area contributed by atoms with Gasteiger partial charge in [-0.1, -0.05) is 173 Å². The molecular formula is C48H92N4Si4Zr-4. The quantitative estimate of drug-likeness (QED) is 0.157. The zero-order chi connectivity index (χ0) is 43.6. The summed E-state index contributed by atoms with van der Waals surface area (Å²) >= 11 is 0. The van der Waals surface area contributed by atoms with E-state index in [1.54, 1.807) is 0 Å². The third kappa shape index (κ3) is 16.5. The monoisotopic (exact) mass is 927 g/mol. The minimum atomic E-state index is -1.67. The largest absolute Gasteiger partial charge is 0.660 e. The normalized spacial score (nSPS) is 17.6. The molecular weight excluding hydrogens is 836 g/mol. The van der Waals surface area contributed by atoms with Crippen LogP contribution in [0, 0.1) is 13.8 Å². The van der Waals surface area contributed by atoms with E-state index in [1.165, 1.54) is 25.7 Å². The second-order valence-electron chi connectivity index (χ2n) is 22.7. The molecule has 0 amide bonds. The van der Waals surface area contributed by atoms with Crippen molar-refractivity contribution in [2.45, 2.75) is 193 Å². The van der Waals surface area contributed by atoms with Crippen LogP contribution in [0.15, 0.2) is 60.7 Å². The maximum Gasteiger partial charge on any atom is 0.120 e. The van der Waals surface area contributed by atoms with Crippen molar-refractivity contribution in [1.82, 2.24) is 8.46 Å². The first-order valence-electron chi connectivity index (χ1n) is 21.9. The van der Waals surface area contributed by atoms with Crippen molar-refractivity contribution in [3.05, 3.63) is 96.3 Å². The summed E-state index contributed by atoms with van der Waals surface area (Å²) < 4.78 is 6.10. The van der Waals surface area contributed by atoms with E-state index in [4.69, 9.17) is 10.6 Å². The smallest absolute Gasteiger partial charge is 0.120 e. The molecule has 0 spiro atoms. The molecule has 1 aliphatic rings. The van der Waals surface area contributed by atoms with Gasteiger partial charge in [-0.25, -0.2) is 0 Å². The SMILES string of the molecule is CC(C)(C)[Si](C)(C)N(CC[N-][C@@H]1CCCC[C@H]1[N-]CCN([Si](C)(C)C(C)(C)C)[Si](C)(C)C(C)(C)C)[Si](C)(C)C(C)(C)C.[CH2-]c1ccccc1.[CH2-]c1ccccc1.[Zr]. The van der Waals surface area contributed by atoms with Crippen molar-refractivity contribution < 1.29 is 26.2 Å². The van der Waals surface area contributed by atoms with E-state index < -0.39 is 32.9 Å². The van der Waals surface area contributed by atoms with Gasteiger partial charge in [0.2, 0.25) is 0 Å². The molecule has 0 aromatic heterocycles. The van der Waals surface area contributed by atoms with Crippen LogP contribution in [0.25, 0.3) is 10.6 Å². The molecule has 9 heteroatoms. The Hall–Kier alpha value is -0.229. The standard InChI is InChI=1S/C34H78N4Si4.2C7H7.Zr/c1-31(2,3)39(13,14)37(40(15,16)32(4,5)6)27-25-35-29-23-21-22-24-30(29)36-26-28-38(41(17,18)33(7,8)9)42(19,20)34(10,11)12;2*1-7-5-3-2-4-6-7;/h29-30H,21-28H2,1-20H3;2*2-6H,1H2;/q-2;2*-1;/t29-,30-;;;/m1.../s1. The van der Waals surface area contributed by atoms with Gasteiger partial charge in [0.25, 0.3) is 0 Å². The molecule has 0 bridgehead atoms. The second-order valence-corrected chi connectivity index (χ2v) is 44.3. The molecule has 0 N–H and O–H groups in total. The van der Waals surface area contributed by atoms with E-state index in [9.17, 15) is 0 Å². The number of benzene rings is 2. The Bertz CT molecular complexity index is 1230. The van der Waals surface area contributed by atoms with Gasteiger partial charge in [-0.15, -0.1) is 37.4 Å². The van der Waals surface area contributed by atoms with E-state index in [2.05, 4.69) is 158 Å². The molecule has 328 valence electrons. The molecule has 2 atom stereocenters. The van der Waals surface area contributed by atoms with Crippen LogP contribution in [0.2, 0.25) is 72.5 Å². The minimum Gasteiger partial charge on any atom is -0.660 e. The average Bonchev–Trinajstić information content (AvgIpc) is 3.04. The summed E-state index contributed by atoms with van der Waals surface area (Å²) in [4.78, 5) is 0. The van der Waals surface area contributed by atoms with Crippen molar-refractivity contribution in [2.75, 3.05) is 26.2 Å². The van der Waals surface area contributed by atoms with Crippen LogP contribution in [0.4, 0.5) is 0 Å². The molecule has 57 heavy (non-hydrogen) atoms. The Kier molecular flexibility index (Phi) is 22.7. The number of nitrogens with zero attached hydrogens (tertiary/aromatic N) is 4. The zero-order valence-electron chi connectivity index (χ0n) is 41.3. The summed E-state index contributed by atoms with van der Waals surface area (Å²) in [5, 5.41) is 12.3. The van der Waals surface area contributed by atoms with Crippen LogP contribution in [0.3, 0.4) is 0 Å². The third-order valence-electron chi connectivity index (χ3n) is 14.8. The van der Waals surface area contributed by atoms with Gasteiger partial charge in [0.15, 0.2) is 0 Å². The topological polar surface area (TPSA) is 34.7 Å². The van der Waals surface area contributed by atoms with Gasteiger partial charge in [-0.05, 0) is 33.2 Å². The first-order chi connectivity index (χ1) is 25.2. The van der Waals surface area contributed by atoms with E-state index >= 15 is 0 Å². The fourth-order valence-electron chi connectivity index (χ4n) is 7.26. The Morgan fingerprint density at radius 3 is 0.877 bits per heavy atom. The van der Waals surface area contributed by atoms with E-state index in [0.717, 1.165) is 37.3 Å². The van der Waals surface area contributed by atoms with Crippen molar-refractivity contribution >= 4 is 32.9 Å². The first-order valence-corrected chi connectivity index (χ1v) is 33.6. The molecule has 0 radical (unpaired) electrons. The summed E-state index contributed by atoms with van der Waals surface area (Å²) in [5.74, 6) is 0. The van der Waals surface area contributed by atoms with E-state index in [-0.39, 0.29) is 26.2 Å². The zero-order valence-corrected chi connectivity index (χ0v) is 47.7. The Morgan fingerprint density at radius 1 is 0.474 bits per heavy atom. The van der Waals surface area contributed by atoms with Crippen LogP contribution >= 0.6 is 0 Å². The van der Waals surface area contributed by atoms with Crippen molar-refractivity contribution in [3.8, 4) is 0 Å². The maximum atomic E-state index is 5.48. The molecule has 1 fully saturated rings. The van der Waals surface area contributed by atoms with Crippen molar-refractivity contribution in [1.29, 1.82) is 0 Å². The second kappa shape index (κ2) is 22.7. The van der Waals surface area contributed by atoms with Gasteiger partial charge >= 0.3 is 0 Å². The molecule has 1 aliphatic carbocycles. The Morgan fingerprint density at radius 2 is 0.702 bits per heavy atom. The number of hydrogen-bond acceptors (Lipinski definition) is 2. The third-order valence-corrected chi connectivity index (χ3v) is 42.5. The fraction of sp³-hybridized carbons (Fsp3) is 0.708. The fourth-order valence-corrected chi connectivity index (χ4v) is 28.3. The summed E-state index contributed by atoms with van der Waals surface area (Å²) in [6.45, 7) is 62.2. The Balaban J connectivity index is 0.00000172. The van der Waals surface area contributed by atoms with E-state index in [1.807, 2.05) is 60.7 Å². The molecule has 0 aliphatic heterocycles. The van der Waals surface area contributed by atoms with Crippen molar-refractivity contribution in [2.24, 2.45) is 0 Å². The first kappa shape index (κ1) is 56.8. The van der Waals surface area contributed by atoms with Gasteiger partial charge in [0, 0.05) is 26.2 Å². The van der Waals surface area contributed by atoms with Gasteiger partial charge in [0.05, 0.1) is 0 Å². The summed E-state index contributed by atoms with van der Waals surface area (Å²) in [7, 11) is -6.68. The predicted molar refractivity (Wildman–Crippen MR) is 266 cm³/mol. The molecule has 0 saturated heterocycles. The van der Waals surface area contributed by atoms with Crippen LogP contribution < -0.4 is 0 Å². The summed E-state index contributed by atoms with van der Waals surface area (Å²) in [6, 6.07) is 20.6. The maximum absolute atomic E-state index is 5.48. The van der Waals surface area contributed by atoms with Crippen LogP contribution in [-0.2, 0) is 26.2 Å². The predicted octanol–water partition coefficient (Wildman–Crippen LogP) is 15.4. The van der Waals surface area contributed by atoms with Crippen LogP contribution in [-0.4, -0.2) is 79.7 Å². The van der Waals surface area contributed by atoms with Gasteiger partial charge in [-0.3, -0.25) is 0 Å². The molecule has 0 unspecified atom stereocenters. The molecule has 2 aromatic carbocycles. The number of rotatable bonds is 12. The van der Waals surface area contributed by atoms with E-state index in [0.29, 0.717) is 32.2 Å². The molecule has 2 aromatic rings.